The Morgan fingerprint density at radius 2 is 1.75 bits per heavy atom. The van der Waals surface area contributed by atoms with Crippen LogP contribution < -0.4 is 5.43 Å². The van der Waals surface area contributed by atoms with E-state index in [9.17, 15) is 0 Å². The number of benzene rings is 1. The van der Waals surface area contributed by atoms with Crippen molar-refractivity contribution in [1.82, 2.24) is 4.98 Å². The molecule has 1 aromatic heterocycles. The second-order valence-electron chi connectivity index (χ2n) is 3.12. The van der Waals surface area contributed by atoms with E-state index < -0.39 is 0 Å². The van der Waals surface area contributed by atoms with E-state index in [1.165, 1.54) is 0 Å². The quantitative estimate of drug-likeness (QED) is 0.651. The monoisotopic (exact) mass is 231 g/mol. The number of pyridine rings is 1. The third kappa shape index (κ3) is 2.81. The summed E-state index contributed by atoms with van der Waals surface area (Å²) in [6.07, 6.45) is 3.35. The van der Waals surface area contributed by atoms with Gasteiger partial charge in [-0.25, -0.2) is 0 Å². The van der Waals surface area contributed by atoms with Crippen molar-refractivity contribution in [3.63, 3.8) is 0 Å². The molecule has 80 valence electrons. The molecular weight excluding hydrogens is 222 g/mol. The highest BCUT2D eigenvalue weighted by molar-refractivity contribution is 6.69. The topological polar surface area (TPSA) is 37.3 Å². The van der Waals surface area contributed by atoms with Crippen LogP contribution in [0.1, 0.15) is 5.56 Å². The molecule has 0 amide bonds. The Morgan fingerprint density at radius 3 is 2.44 bits per heavy atom. The summed E-state index contributed by atoms with van der Waals surface area (Å²) in [4.78, 5) is 3.91. The van der Waals surface area contributed by atoms with Crippen molar-refractivity contribution in [3.05, 3.63) is 60.4 Å². The number of nitrogens with one attached hydrogen (secondary N) is 1. The van der Waals surface area contributed by atoms with Crippen LogP contribution in [0.2, 0.25) is 0 Å². The van der Waals surface area contributed by atoms with E-state index in [0.29, 0.717) is 5.17 Å². The molecule has 0 fully saturated rings. The zero-order chi connectivity index (χ0) is 11.2. The first kappa shape index (κ1) is 10.6. The van der Waals surface area contributed by atoms with Crippen molar-refractivity contribution in [1.29, 1.82) is 0 Å². The summed E-state index contributed by atoms with van der Waals surface area (Å²) in [6, 6.07) is 13.2. The molecule has 0 saturated carbocycles. The zero-order valence-electron chi connectivity index (χ0n) is 8.47. The summed E-state index contributed by atoms with van der Waals surface area (Å²) >= 11 is 6.02. The molecule has 1 heterocycles. The van der Waals surface area contributed by atoms with E-state index in [2.05, 4.69) is 15.5 Å². The van der Waals surface area contributed by atoms with Gasteiger partial charge in [-0.05, 0) is 24.3 Å². The second-order valence-corrected chi connectivity index (χ2v) is 3.47. The third-order valence-corrected chi connectivity index (χ3v) is 2.28. The first-order chi connectivity index (χ1) is 7.86. The summed E-state index contributed by atoms with van der Waals surface area (Å²) in [5.74, 6) is 0. The fraction of sp³-hybridized carbons (Fsp3) is 0. The van der Waals surface area contributed by atoms with Crippen molar-refractivity contribution in [2.45, 2.75) is 0 Å². The Hall–Kier alpha value is -1.87. The minimum Gasteiger partial charge on any atom is -0.277 e. The predicted octanol–water partition coefficient (Wildman–Crippen LogP) is 3.09. The van der Waals surface area contributed by atoms with Gasteiger partial charge in [0.1, 0.15) is 0 Å². The average Bonchev–Trinajstić information content (AvgIpc) is 2.38. The Kier molecular flexibility index (Phi) is 3.51. The van der Waals surface area contributed by atoms with E-state index >= 15 is 0 Å². The first-order valence-electron chi connectivity index (χ1n) is 4.81. The van der Waals surface area contributed by atoms with E-state index in [0.717, 1.165) is 11.3 Å². The van der Waals surface area contributed by atoms with Crippen molar-refractivity contribution in [3.8, 4) is 0 Å². The number of nitrogens with zero attached hydrogens (tertiary/aromatic N) is 2. The number of anilines is 1. The lowest BCUT2D eigenvalue weighted by Gasteiger charge is -2.01. The van der Waals surface area contributed by atoms with Gasteiger partial charge in [0.25, 0.3) is 0 Å². The lowest BCUT2D eigenvalue weighted by molar-refractivity contribution is 1.31. The maximum absolute atomic E-state index is 6.02. The van der Waals surface area contributed by atoms with Gasteiger partial charge in [0.15, 0.2) is 5.17 Å². The van der Waals surface area contributed by atoms with E-state index in [1.807, 2.05) is 30.3 Å². The summed E-state index contributed by atoms with van der Waals surface area (Å²) in [5.41, 5.74) is 4.61. The highest BCUT2D eigenvalue weighted by Gasteiger charge is 1.97. The molecule has 1 aromatic carbocycles. The van der Waals surface area contributed by atoms with Gasteiger partial charge in [-0.2, -0.15) is 5.10 Å². The van der Waals surface area contributed by atoms with Gasteiger partial charge in [-0.1, -0.05) is 29.8 Å². The molecule has 0 aliphatic carbocycles. The van der Waals surface area contributed by atoms with Crippen LogP contribution in [0, 0.1) is 0 Å². The molecule has 0 bridgehead atoms. The minimum atomic E-state index is 0.409. The fourth-order valence-electron chi connectivity index (χ4n) is 1.18. The number of para-hydroxylation sites is 1. The molecular formula is C12H10ClN3. The van der Waals surface area contributed by atoms with Crippen LogP contribution in [0.3, 0.4) is 0 Å². The van der Waals surface area contributed by atoms with Crippen molar-refractivity contribution >= 4 is 22.5 Å². The normalized spacial score (nSPS) is 11.2. The maximum atomic E-state index is 6.02. The molecule has 0 radical (unpaired) electrons. The summed E-state index contributed by atoms with van der Waals surface area (Å²) in [7, 11) is 0. The molecule has 0 saturated heterocycles. The molecule has 1 N–H and O–H groups in total. The summed E-state index contributed by atoms with van der Waals surface area (Å²) in [5, 5.41) is 4.48. The number of hydrogen-bond donors (Lipinski definition) is 1. The minimum absolute atomic E-state index is 0.409. The van der Waals surface area contributed by atoms with Crippen LogP contribution in [0.15, 0.2) is 60.0 Å². The van der Waals surface area contributed by atoms with Crippen LogP contribution in [0.4, 0.5) is 5.69 Å². The molecule has 0 aliphatic rings. The third-order valence-electron chi connectivity index (χ3n) is 1.98. The number of halogens is 1. The Morgan fingerprint density at radius 1 is 1.06 bits per heavy atom. The molecule has 3 nitrogen and oxygen atoms in total. The second kappa shape index (κ2) is 5.28. The average molecular weight is 232 g/mol. The van der Waals surface area contributed by atoms with Gasteiger partial charge < -0.3 is 0 Å². The van der Waals surface area contributed by atoms with E-state index in [4.69, 9.17) is 11.6 Å². The Bertz CT molecular complexity index is 468. The van der Waals surface area contributed by atoms with Crippen LogP contribution in [0.5, 0.6) is 0 Å². The van der Waals surface area contributed by atoms with Crippen LogP contribution in [-0.4, -0.2) is 10.2 Å². The van der Waals surface area contributed by atoms with Crippen LogP contribution >= 0.6 is 11.6 Å². The van der Waals surface area contributed by atoms with Gasteiger partial charge in [-0.15, -0.1) is 0 Å². The molecule has 0 atom stereocenters. The van der Waals surface area contributed by atoms with Crippen LogP contribution in [-0.2, 0) is 0 Å². The molecule has 0 aliphatic heterocycles. The smallest absolute Gasteiger partial charge is 0.156 e. The largest absolute Gasteiger partial charge is 0.277 e. The van der Waals surface area contributed by atoms with Gasteiger partial charge in [-0.3, -0.25) is 10.4 Å². The lowest BCUT2D eigenvalue weighted by atomic mass is 10.3. The fourth-order valence-corrected chi connectivity index (χ4v) is 1.35. The number of hydrogen-bond acceptors (Lipinski definition) is 3. The zero-order valence-corrected chi connectivity index (χ0v) is 9.22. The van der Waals surface area contributed by atoms with Gasteiger partial charge >= 0.3 is 0 Å². The standard InChI is InChI=1S/C12H10ClN3/c13-12(10-6-8-14-9-7-10)16-15-11-4-2-1-3-5-11/h1-9,15H/b16-12+. The van der Waals surface area contributed by atoms with Gasteiger partial charge in [0.2, 0.25) is 0 Å². The Labute approximate surface area is 98.8 Å². The molecule has 0 spiro atoms. The highest BCUT2D eigenvalue weighted by Crippen LogP contribution is 2.07. The Balaban J connectivity index is 2.09. The molecule has 0 unspecified atom stereocenters. The maximum Gasteiger partial charge on any atom is 0.156 e. The molecule has 4 heteroatoms. The predicted molar refractivity (Wildman–Crippen MR) is 66.7 cm³/mol. The number of rotatable bonds is 3. The molecule has 16 heavy (non-hydrogen) atoms. The van der Waals surface area contributed by atoms with Gasteiger partial charge in [0, 0.05) is 18.0 Å². The lowest BCUT2D eigenvalue weighted by Crippen LogP contribution is -1.96. The van der Waals surface area contributed by atoms with E-state index in [1.54, 1.807) is 24.5 Å². The van der Waals surface area contributed by atoms with Crippen molar-refractivity contribution in [2.24, 2.45) is 5.10 Å². The number of aromatic nitrogens is 1. The van der Waals surface area contributed by atoms with Crippen molar-refractivity contribution in [2.75, 3.05) is 5.43 Å². The number of hydrazone groups is 1. The van der Waals surface area contributed by atoms with Crippen LogP contribution in [0.25, 0.3) is 0 Å². The van der Waals surface area contributed by atoms with Gasteiger partial charge in [0.05, 0.1) is 5.69 Å². The summed E-state index contributed by atoms with van der Waals surface area (Å²) in [6.45, 7) is 0. The van der Waals surface area contributed by atoms with Crippen molar-refractivity contribution < 1.29 is 0 Å². The SMILES string of the molecule is Cl/C(=N/Nc1ccccc1)c1ccncc1. The highest BCUT2D eigenvalue weighted by atomic mass is 35.5. The summed E-state index contributed by atoms with van der Waals surface area (Å²) < 4.78 is 0. The van der Waals surface area contributed by atoms with E-state index in [-0.39, 0.29) is 0 Å². The molecule has 2 aromatic rings. The molecule has 2 rings (SSSR count). The first-order valence-corrected chi connectivity index (χ1v) is 5.19.